The highest BCUT2D eigenvalue weighted by Gasteiger charge is 2.05. The van der Waals surface area contributed by atoms with E-state index in [2.05, 4.69) is 15.6 Å². The summed E-state index contributed by atoms with van der Waals surface area (Å²) in [4.78, 5) is 4.11. The zero-order valence-corrected chi connectivity index (χ0v) is 14.5. The van der Waals surface area contributed by atoms with Crippen LogP contribution in [0.25, 0.3) is 0 Å². The molecule has 1 aromatic carbocycles. The van der Waals surface area contributed by atoms with E-state index in [1.54, 1.807) is 14.2 Å². The van der Waals surface area contributed by atoms with Gasteiger partial charge in [-0.2, -0.15) is 0 Å². The molecule has 0 heterocycles. The van der Waals surface area contributed by atoms with E-state index < -0.39 is 9.84 Å². The molecule has 1 rings (SSSR count). The van der Waals surface area contributed by atoms with Gasteiger partial charge in [0.1, 0.15) is 15.6 Å². The van der Waals surface area contributed by atoms with Crippen LogP contribution in [0.4, 0.5) is 0 Å². The first-order valence-electron chi connectivity index (χ1n) is 7.11. The second-order valence-electron chi connectivity index (χ2n) is 5.15. The van der Waals surface area contributed by atoms with Crippen molar-refractivity contribution in [1.29, 1.82) is 0 Å². The summed E-state index contributed by atoms with van der Waals surface area (Å²) in [5.74, 6) is 1.64. The van der Waals surface area contributed by atoms with Gasteiger partial charge in [-0.3, -0.25) is 4.99 Å². The quantitative estimate of drug-likeness (QED) is 0.445. The van der Waals surface area contributed by atoms with Crippen LogP contribution in [0, 0.1) is 6.92 Å². The molecular weight excluding hydrogens is 302 g/mol. The van der Waals surface area contributed by atoms with Gasteiger partial charge in [-0.25, -0.2) is 8.42 Å². The summed E-state index contributed by atoms with van der Waals surface area (Å²) in [6.45, 7) is 3.15. The fraction of sp³-hybridized carbons (Fsp3) is 0.533. The van der Waals surface area contributed by atoms with E-state index in [1.165, 1.54) is 6.26 Å². The average Bonchev–Trinajstić information content (AvgIpc) is 2.46. The molecule has 0 aliphatic rings. The lowest BCUT2D eigenvalue weighted by Crippen LogP contribution is -2.37. The van der Waals surface area contributed by atoms with Crippen molar-refractivity contribution in [2.45, 2.75) is 19.9 Å². The van der Waals surface area contributed by atoms with Crippen molar-refractivity contribution in [2.24, 2.45) is 4.99 Å². The molecule has 22 heavy (non-hydrogen) atoms. The summed E-state index contributed by atoms with van der Waals surface area (Å²) >= 11 is 0. The van der Waals surface area contributed by atoms with Gasteiger partial charge in [-0.1, -0.05) is 12.1 Å². The van der Waals surface area contributed by atoms with Crippen LogP contribution in [0.1, 0.15) is 17.5 Å². The first-order chi connectivity index (χ1) is 10.4. The van der Waals surface area contributed by atoms with Gasteiger partial charge in [0.15, 0.2) is 5.96 Å². The molecule has 0 aromatic heterocycles. The van der Waals surface area contributed by atoms with Crippen molar-refractivity contribution in [2.75, 3.05) is 32.7 Å². The normalized spacial score (nSPS) is 12.1. The van der Waals surface area contributed by atoms with Gasteiger partial charge in [0, 0.05) is 32.0 Å². The maximum absolute atomic E-state index is 11.1. The minimum atomic E-state index is -2.91. The first kappa shape index (κ1) is 18.3. The lowest BCUT2D eigenvalue weighted by Gasteiger charge is -2.14. The molecule has 7 heteroatoms. The number of nitrogens with one attached hydrogen (secondary N) is 2. The third kappa shape index (κ3) is 6.80. The molecule has 2 N–H and O–H groups in total. The Balaban J connectivity index is 2.48. The molecule has 0 saturated heterocycles. The predicted molar refractivity (Wildman–Crippen MR) is 90.3 cm³/mol. The number of methoxy groups -OCH3 is 1. The topological polar surface area (TPSA) is 79.8 Å². The molecule has 0 bridgehead atoms. The van der Waals surface area contributed by atoms with Gasteiger partial charge < -0.3 is 15.4 Å². The fourth-order valence-corrected chi connectivity index (χ4v) is 2.61. The van der Waals surface area contributed by atoms with E-state index in [4.69, 9.17) is 4.74 Å². The highest BCUT2D eigenvalue weighted by atomic mass is 32.2. The SMILES string of the molecule is CN=C(NCCCS(C)(=O)=O)NCc1ccc(C)cc1OC. The Morgan fingerprint density at radius 2 is 2.05 bits per heavy atom. The number of nitrogens with zero attached hydrogens (tertiary/aromatic N) is 1. The van der Waals surface area contributed by atoms with Crippen molar-refractivity contribution in [3.63, 3.8) is 0 Å². The highest BCUT2D eigenvalue weighted by molar-refractivity contribution is 7.90. The van der Waals surface area contributed by atoms with Crippen LogP contribution in [-0.4, -0.2) is 47.1 Å². The summed E-state index contributed by atoms with van der Waals surface area (Å²) < 4.78 is 27.5. The summed E-state index contributed by atoms with van der Waals surface area (Å²) in [7, 11) is 0.414. The van der Waals surface area contributed by atoms with Crippen LogP contribution in [0.15, 0.2) is 23.2 Å². The Hall–Kier alpha value is -1.76. The number of ether oxygens (including phenoxy) is 1. The Kier molecular flexibility index (Phi) is 7.17. The first-order valence-corrected chi connectivity index (χ1v) is 9.17. The average molecular weight is 327 g/mol. The predicted octanol–water partition coefficient (Wildman–Crippen LogP) is 1.10. The summed E-state index contributed by atoms with van der Waals surface area (Å²) in [6, 6.07) is 6.03. The lowest BCUT2D eigenvalue weighted by molar-refractivity contribution is 0.408. The van der Waals surface area contributed by atoms with Crippen LogP contribution in [0.3, 0.4) is 0 Å². The van der Waals surface area contributed by atoms with E-state index in [-0.39, 0.29) is 5.75 Å². The second-order valence-corrected chi connectivity index (χ2v) is 7.41. The van der Waals surface area contributed by atoms with E-state index in [0.717, 1.165) is 16.9 Å². The van der Waals surface area contributed by atoms with Gasteiger partial charge in [0.05, 0.1) is 12.9 Å². The summed E-state index contributed by atoms with van der Waals surface area (Å²) in [5, 5.41) is 6.28. The van der Waals surface area contributed by atoms with Crippen LogP contribution in [0.5, 0.6) is 5.75 Å². The molecule has 0 radical (unpaired) electrons. The largest absolute Gasteiger partial charge is 0.496 e. The van der Waals surface area contributed by atoms with E-state index in [0.29, 0.717) is 25.5 Å². The minimum Gasteiger partial charge on any atom is -0.496 e. The van der Waals surface area contributed by atoms with Gasteiger partial charge in [-0.05, 0) is 25.0 Å². The molecule has 0 aliphatic heterocycles. The maximum atomic E-state index is 11.1. The third-order valence-corrected chi connectivity index (χ3v) is 4.13. The van der Waals surface area contributed by atoms with Crippen molar-refractivity contribution < 1.29 is 13.2 Å². The third-order valence-electron chi connectivity index (χ3n) is 3.10. The summed E-state index contributed by atoms with van der Waals surface area (Å²) in [5.41, 5.74) is 2.18. The van der Waals surface area contributed by atoms with Crippen LogP contribution in [-0.2, 0) is 16.4 Å². The molecule has 124 valence electrons. The molecule has 0 amide bonds. The molecule has 0 saturated carbocycles. The number of aryl methyl sites for hydroxylation is 1. The van der Waals surface area contributed by atoms with Crippen LogP contribution in [0.2, 0.25) is 0 Å². The van der Waals surface area contributed by atoms with E-state index in [9.17, 15) is 8.42 Å². The van der Waals surface area contributed by atoms with E-state index in [1.807, 2.05) is 25.1 Å². The zero-order valence-electron chi connectivity index (χ0n) is 13.6. The van der Waals surface area contributed by atoms with Gasteiger partial charge in [0.25, 0.3) is 0 Å². The number of hydrogen-bond acceptors (Lipinski definition) is 4. The van der Waals surface area contributed by atoms with Gasteiger partial charge >= 0.3 is 0 Å². The zero-order chi connectivity index (χ0) is 16.6. The van der Waals surface area contributed by atoms with Gasteiger partial charge in [0.2, 0.25) is 0 Å². The van der Waals surface area contributed by atoms with Crippen molar-refractivity contribution in [3.05, 3.63) is 29.3 Å². The van der Waals surface area contributed by atoms with Gasteiger partial charge in [-0.15, -0.1) is 0 Å². The Labute approximate surface area is 132 Å². The smallest absolute Gasteiger partial charge is 0.191 e. The molecule has 0 unspecified atom stereocenters. The number of guanidine groups is 1. The number of rotatable bonds is 7. The van der Waals surface area contributed by atoms with E-state index >= 15 is 0 Å². The van der Waals surface area contributed by atoms with Crippen molar-refractivity contribution in [1.82, 2.24) is 10.6 Å². The number of hydrogen-bond donors (Lipinski definition) is 2. The summed E-state index contributed by atoms with van der Waals surface area (Å²) in [6.07, 6.45) is 1.79. The molecule has 0 fully saturated rings. The molecular formula is C15H25N3O3S. The van der Waals surface area contributed by atoms with Crippen LogP contribution < -0.4 is 15.4 Å². The highest BCUT2D eigenvalue weighted by Crippen LogP contribution is 2.19. The fourth-order valence-electron chi connectivity index (χ4n) is 1.94. The standard InChI is InChI=1S/C15H25N3O3S/c1-12-6-7-13(14(10-12)21-3)11-18-15(16-2)17-8-5-9-22(4,19)20/h6-7,10H,5,8-9,11H2,1-4H3,(H2,16,17,18). The second kappa shape index (κ2) is 8.63. The molecule has 0 atom stereocenters. The van der Waals surface area contributed by atoms with Crippen LogP contribution >= 0.6 is 0 Å². The van der Waals surface area contributed by atoms with Crippen molar-refractivity contribution in [3.8, 4) is 5.75 Å². The molecule has 6 nitrogen and oxygen atoms in total. The maximum Gasteiger partial charge on any atom is 0.191 e. The Morgan fingerprint density at radius 1 is 1.32 bits per heavy atom. The Morgan fingerprint density at radius 3 is 2.64 bits per heavy atom. The minimum absolute atomic E-state index is 0.169. The number of benzene rings is 1. The Bertz CT molecular complexity index is 612. The number of sulfone groups is 1. The lowest BCUT2D eigenvalue weighted by atomic mass is 10.1. The van der Waals surface area contributed by atoms with Crippen molar-refractivity contribution >= 4 is 15.8 Å². The molecule has 0 spiro atoms. The molecule has 1 aromatic rings. The number of aliphatic imine (C=N–C) groups is 1. The molecule has 0 aliphatic carbocycles. The monoisotopic (exact) mass is 327 g/mol.